The zero-order chi connectivity index (χ0) is 14.7. The number of halogens is 1. The number of carbonyl (C=O) groups excluding carboxylic acids is 1. The fraction of sp³-hybridized carbons (Fsp3) is 0.0714. The molecule has 5 nitrogen and oxygen atoms in total. The molecular weight excluding hydrogens is 322 g/mol. The molecule has 0 aliphatic heterocycles. The molecule has 0 atom stereocenters. The monoisotopic (exact) mass is 335 g/mol. The number of anilines is 2. The predicted molar refractivity (Wildman–Crippen MR) is 82.5 cm³/mol. The van der Waals surface area contributed by atoms with Crippen molar-refractivity contribution in [3.63, 3.8) is 0 Å². The minimum absolute atomic E-state index is 0.177. The van der Waals surface area contributed by atoms with Crippen LogP contribution >= 0.6 is 15.9 Å². The summed E-state index contributed by atoms with van der Waals surface area (Å²) in [4.78, 5) is 11.1. The van der Waals surface area contributed by atoms with Gasteiger partial charge in [-0.25, -0.2) is 0 Å². The lowest BCUT2D eigenvalue weighted by atomic mass is 10.1. The summed E-state index contributed by atoms with van der Waals surface area (Å²) in [5.41, 5.74) is 13.4. The largest absolute Gasteiger partial charge is 0.508 e. The molecule has 0 aliphatic carbocycles. The van der Waals surface area contributed by atoms with Crippen LogP contribution in [0.25, 0.3) is 0 Å². The van der Waals surface area contributed by atoms with Crippen LogP contribution in [0.3, 0.4) is 0 Å². The first-order valence-electron chi connectivity index (χ1n) is 5.88. The van der Waals surface area contributed by atoms with Gasteiger partial charge in [-0.2, -0.15) is 0 Å². The van der Waals surface area contributed by atoms with Gasteiger partial charge < -0.3 is 21.9 Å². The van der Waals surface area contributed by atoms with E-state index in [0.29, 0.717) is 23.4 Å². The van der Waals surface area contributed by atoms with Gasteiger partial charge in [0.1, 0.15) is 5.75 Å². The number of amides is 1. The van der Waals surface area contributed by atoms with E-state index in [4.69, 9.17) is 11.5 Å². The van der Waals surface area contributed by atoms with Crippen molar-refractivity contribution in [1.29, 1.82) is 0 Å². The third-order valence-electron chi connectivity index (χ3n) is 2.83. The van der Waals surface area contributed by atoms with Crippen molar-refractivity contribution in [3.05, 3.63) is 52.0 Å². The van der Waals surface area contributed by atoms with E-state index in [2.05, 4.69) is 21.2 Å². The zero-order valence-electron chi connectivity index (χ0n) is 10.6. The van der Waals surface area contributed by atoms with Gasteiger partial charge in [0.25, 0.3) is 0 Å². The molecule has 0 heterocycles. The lowest BCUT2D eigenvalue weighted by molar-refractivity contribution is 0.100. The topological polar surface area (TPSA) is 101 Å². The van der Waals surface area contributed by atoms with E-state index in [1.807, 2.05) is 0 Å². The van der Waals surface area contributed by atoms with Crippen LogP contribution in [0.4, 0.5) is 11.4 Å². The summed E-state index contributed by atoms with van der Waals surface area (Å²) >= 11 is 3.36. The third-order valence-corrected chi connectivity index (χ3v) is 3.48. The van der Waals surface area contributed by atoms with Gasteiger partial charge in [-0.1, -0.05) is 0 Å². The Balaban J connectivity index is 2.15. The molecule has 2 aromatic carbocycles. The number of aromatic hydroxyl groups is 1. The number of primary amides is 1. The van der Waals surface area contributed by atoms with Crippen LogP contribution in [0.5, 0.6) is 5.75 Å². The SMILES string of the molecule is NC(=O)c1ccc(NCc2cc(N)ccc2O)c(Br)c1. The van der Waals surface area contributed by atoms with Gasteiger partial charge in [-0.3, -0.25) is 4.79 Å². The quantitative estimate of drug-likeness (QED) is 0.509. The number of phenols is 1. The molecule has 0 saturated carbocycles. The van der Waals surface area contributed by atoms with Crippen molar-refractivity contribution < 1.29 is 9.90 Å². The smallest absolute Gasteiger partial charge is 0.248 e. The first-order chi connectivity index (χ1) is 9.47. The van der Waals surface area contributed by atoms with Crippen LogP contribution in [0.1, 0.15) is 15.9 Å². The number of benzene rings is 2. The molecule has 20 heavy (non-hydrogen) atoms. The van der Waals surface area contributed by atoms with Gasteiger partial charge in [-0.05, 0) is 52.3 Å². The predicted octanol–water partition coefficient (Wildman–Crippen LogP) is 2.45. The molecular formula is C14H14BrN3O2. The maximum Gasteiger partial charge on any atom is 0.248 e. The summed E-state index contributed by atoms with van der Waals surface area (Å²) in [5, 5.41) is 12.9. The summed E-state index contributed by atoms with van der Waals surface area (Å²) in [7, 11) is 0. The molecule has 6 N–H and O–H groups in total. The number of nitrogen functional groups attached to an aromatic ring is 1. The fourth-order valence-electron chi connectivity index (χ4n) is 1.75. The molecule has 2 rings (SSSR count). The number of hydrogen-bond donors (Lipinski definition) is 4. The third kappa shape index (κ3) is 3.21. The molecule has 0 spiro atoms. The average molecular weight is 336 g/mol. The highest BCUT2D eigenvalue weighted by molar-refractivity contribution is 9.10. The summed E-state index contributed by atoms with van der Waals surface area (Å²) in [6.45, 7) is 0.408. The van der Waals surface area contributed by atoms with Crippen molar-refractivity contribution in [2.24, 2.45) is 5.73 Å². The highest BCUT2D eigenvalue weighted by Gasteiger charge is 2.06. The average Bonchev–Trinajstić information content (AvgIpc) is 2.40. The highest BCUT2D eigenvalue weighted by atomic mass is 79.9. The Morgan fingerprint density at radius 1 is 1.25 bits per heavy atom. The molecule has 6 heteroatoms. The second-order valence-electron chi connectivity index (χ2n) is 4.30. The van der Waals surface area contributed by atoms with Crippen molar-refractivity contribution in [1.82, 2.24) is 0 Å². The maximum absolute atomic E-state index is 11.1. The van der Waals surface area contributed by atoms with Gasteiger partial charge in [0.2, 0.25) is 5.91 Å². The van der Waals surface area contributed by atoms with Crippen LogP contribution in [0.15, 0.2) is 40.9 Å². The summed E-state index contributed by atoms with van der Waals surface area (Å²) in [6.07, 6.45) is 0. The Kier molecular flexibility index (Phi) is 4.14. The molecule has 0 radical (unpaired) electrons. The Labute approximate surface area is 124 Å². The minimum atomic E-state index is -0.481. The van der Waals surface area contributed by atoms with Gasteiger partial charge in [0, 0.05) is 33.5 Å². The van der Waals surface area contributed by atoms with E-state index in [1.54, 1.807) is 36.4 Å². The number of carbonyl (C=O) groups is 1. The number of nitrogens with two attached hydrogens (primary N) is 2. The van der Waals surface area contributed by atoms with E-state index in [9.17, 15) is 9.90 Å². The van der Waals surface area contributed by atoms with E-state index < -0.39 is 5.91 Å². The zero-order valence-corrected chi connectivity index (χ0v) is 12.1. The summed E-state index contributed by atoms with van der Waals surface area (Å²) < 4.78 is 0.720. The standard InChI is InChI=1S/C14H14BrN3O2/c15-11-6-8(14(17)20)1-3-12(11)18-7-9-5-10(16)2-4-13(9)19/h1-6,18-19H,7,16H2,(H2,17,20). The van der Waals surface area contributed by atoms with Crippen LogP contribution in [0, 0.1) is 0 Å². The van der Waals surface area contributed by atoms with Crippen LogP contribution in [-0.4, -0.2) is 11.0 Å². The van der Waals surface area contributed by atoms with Crippen LogP contribution in [0.2, 0.25) is 0 Å². The lowest BCUT2D eigenvalue weighted by Crippen LogP contribution is -2.11. The van der Waals surface area contributed by atoms with E-state index in [0.717, 1.165) is 10.2 Å². The summed E-state index contributed by atoms with van der Waals surface area (Å²) in [5.74, 6) is -0.303. The molecule has 104 valence electrons. The number of hydrogen-bond acceptors (Lipinski definition) is 4. The normalized spacial score (nSPS) is 10.2. The van der Waals surface area contributed by atoms with Gasteiger partial charge in [-0.15, -0.1) is 0 Å². The Bertz CT molecular complexity index is 659. The Morgan fingerprint density at radius 3 is 2.65 bits per heavy atom. The highest BCUT2D eigenvalue weighted by Crippen LogP contribution is 2.26. The first-order valence-corrected chi connectivity index (χ1v) is 6.67. The molecule has 0 aliphatic rings. The minimum Gasteiger partial charge on any atom is -0.508 e. The van der Waals surface area contributed by atoms with E-state index >= 15 is 0 Å². The van der Waals surface area contributed by atoms with Crippen molar-refractivity contribution >= 4 is 33.2 Å². The molecule has 1 amide bonds. The molecule has 0 bridgehead atoms. The van der Waals surface area contributed by atoms with E-state index in [-0.39, 0.29) is 5.75 Å². The van der Waals surface area contributed by atoms with Crippen molar-refractivity contribution in [2.45, 2.75) is 6.54 Å². The molecule has 0 unspecified atom stereocenters. The fourth-order valence-corrected chi connectivity index (χ4v) is 2.27. The number of phenolic OH excluding ortho intramolecular Hbond substituents is 1. The van der Waals surface area contributed by atoms with Gasteiger partial charge >= 0.3 is 0 Å². The lowest BCUT2D eigenvalue weighted by Gasteiger charge is -2.11. The van der Waals surface area contributed by atoms with Gasteiger partial charge in [0.15, 0.2) is 0 Å². The van der Waals surface area contributed by atoms with Gasteiger partial charge in [0.05, 0.1) is 0 Å². The molecule has 0 fully saturated rings. The Morgan fingerprint density at radius 2 is 2.00 bits per heavy atom. The summed E-state index contributed by atoms with van der Waals surface area (Å²) in [6, 6.07) is 9.91. The second-order valence-corrected chi connectivity index (χ2v) is 5.15. The number of rotatable bonds is 4. The van der Waals surface area contributed by atoms with Crippen molar-refractivity contribution in [3.8, 4) is 5.75 Å². The van der Waals surface area contributed by atoms with E-state index in [1.165, 1.54) is 0 Å². The molecule has 0 aromatic heterocycles. The molecule has 2 aromatic rings. The number of nitrogens with one attached hydrogen (secondary N) is 1. The van der Waals surface area contributed by atoms with Crippen LogP contribution < -0.4 is 16.8 Å². The van der Waals surface area contributed by atoms with Crippen molar-refractivity contribution in [2.75, 3.05) is 11.1 Å². The Hall–Kier alpha value is -2.21. The second kappa shape index (κ2) is 5.83. The maximum atomic E-state index is 11.1. The van der Waals surface area contributed by atoms with Crippen LogP contribution in [-0.2, 0) is 6.54 Å². The molecule has 0 saturated heterocycles. The first kappa shape index (κ1) is 14.2.